The average Bonchev–Trinajstić information content (AvgIpc) is 3.01. The molecule has 122 valence electrons. The Bertz CT molecular complexity index is 820. The summed E-state index contributed by atoms with van der Waals surface area (Å²) in [6, 6.07) is 16.4. The average molecular weight is 355 g/mol. The molecule has 0 bridgehead atoms. The number of rotatable bonds is 6. The summed E-state index contributed by atoms with van der Waals surface area (Å²) in [5.74, 6) is 0.766. The lowest BCUT2D eigenvalue weighted by Crippen LogP contribution is -2.23. The van der Waals surface area contributed by atoms with Crippen molar-refractivity contribution in [1.29, 1.82) is 0 Å². The van der Waals surface area contributed by atoms with Crippen LogP contribution in [0.25, 0.3) is 16.3 Å². The van der Waals surface area contributed by atoms with Crippen molar-refractivity contribution in [3.05, 3.63) is 65.2 Å². The van der Waals surface area contributed by atoms with Crippen LogP contribution >= 0.6 is 23.1 Å². The van der Waals surface area contributed by atoms with E-state index in [0.29, 0.717) is 6.54 Å². The van der Waals surface area contributed by atoms with Crippen LogP contribution in [0.4, 0.5) is 0 Å². The Labute approximate surface area is 149 Å². The van der Waals surface area contributed by atoms with Crippen LogP contribution in [0, 0.1) is 6.92 Å². The van der Waals surface area contributed by atoms with Gasteiger partial charge in [-0.2, -0.15) is 0 Å². The van der Waals surface area contributed by atoms with Gasteiger partial charge in [-0.3, -0.25) is 4.79 Å². The molecule has 1 amide bonds. The number of hydrogen-bond acceptors (Lipinski definition) is 4. The minimum Gasteiger partial charge on any atom is -0.352 e. The highest BCUT2D eigenvalue weighted by molar-refractivity contribution is 7.99. The van der Waals surface area contributed by atoms with Gasteiger partial charge >= 0.3 is 0 Å². The molecular formula is C19H18N2OS2. The lowest BCUT2D eigenvalue weighted by atomic mass is 10.2. The first-order valence-corrected chi connectivity index (χ1v) is 9.52. The first-order chi connectivity index (χ1) is 11.7. The Balaban J connectivity index is 1.44. The van der Waals surface area contributed by atoms with E-state index in [9.17, 15) is 4.79 Å². The SMILES string of the molecule is Cc1ccc(SCCNC(=O)/C=C/c2nc3ccccc3s2)cc1. The van der Waals surface area contributed by atoms with Crippen molar-refractivity contribution >= 4 is 45.3 Å². The molecule has 0 saturated heterocycles. The van der Waals surface area contributed by atoms with Gasteiger partial charge < -0.3 is 5.32 Å². The van der Waals surface area contributed by atoms with Gasteiger partial charge in [-0.05, 0) is 37.3 Å². The molecule has 0 atom stereocenters. The predicted octanol–water partition coefficient (Wildman–Crippen LogP) is 4.53. The van der Waals surface area contributed by atoms with Gasteiger partial charge in [-0.15, -0.1) is 23.1 Å². The van der Waals surface area contributed by atoms with Crippen molar-refractivity contribution in [2.75, 3.05) is 12.3 Å². The number of thioether (sulfide) groups is 1. The van der Waals surface area contributed by atoms with Crippen LogP contribution in [0.5, 0.6) is 0 Å². The Morgan fingerprint density at radius 1 is 1.21 bits per heavy atom. The molecule has 24 heavy (non-hydrogen) atoms. The summed E-state index contributed by atoms with van der Waals surface area (Å²) in [4.78, 5) is 17.6. The predicted molar refractivity (Wildman–Crippen MR) is 104 cm³/mol. The van der Waals surface area contributed by atoms with Gasteiger partial charge in [0, 0.05) is 23.3 Å². The van der Waals surface area contributed by atoms with E-state index in [-0.39, 0.29) is 5.91 Å². The van der Waals surface area contributed by atoms with E-state index in [0.717, 1.165) is 21.0 Å². The number of hydrogen-bond donors (Lipinski definition) is 1. The molecule has 1 aromatic heterocycles. The summed E-state index contributed by atoms with van der Waals surface area (Å²) in [6.07, 6.45) is 3.32. The molecule has 3 aromatic rings. The molecule has 0 unspecified atom stereocenters. The Morgan fingerprint density at radius 2 is 2.00 bits per heavy atom. The Kier molecular flexibility index (Phi) is 5.67. The first kappa shape index (κ1) is 16.7. The number of aromatic nitrogens is 1. The maximum absolute atomic E-state index is 11.9. The molecule has 3 rings (SSSR count). The van der Waals surface area contributed by atoms with Gasteiger partial charge in [0.05, 0.1) is 10.2 Å². The molecule has 0 aliphatic rings. The van der Waals surface area contributed by atoms with E-state index in [1.54, 1.807) is 35.3 Å². The van der Waals surface area contributed by atoms with Crippen LogP contribution in [-0.4, -0.2) is 23.2 Å². The number of carbonyl (C=O) groups excluding carboxylic acids is 1. The zero-order valence-electron chi connectivity index (χ0n) is 13.4. The quantitative estimate of drug-likeness (QED) is 0.402. The second-order valence-electron chi connectivity index (χ2n) is 5.31. The third-order valence-electron chi connectivity index (χ3n) is 3.38. The molecular weight excluding hydrogens is 336 g/mol. The molecule has 2 aromatic carbocycles. The minimum atomic E-state index is -0.0845. The molecule has 0 radical (unpaired) electrons. The lowest BCUT2D eigenvalue weighted by Gasteiger charge is -2.03. The molecule has 0 saturated carbocycles. The highest BCUT2D eigenvalue weighted by Gasteiger charge is 2.01. The lowest BCUT2D eigenvalue weighted by molar-refractivity contribution is -0.116. The summed E-state index contributed by atoms with van der Waals surface area (Å²) < 4.78 is 1.13. The highest BCUT2D eigenvalue weighted by atomic mass is 32.2. The first-order valence-electron chi connectivity index (χ1n) is 7.72. The van der Waals surface area contributed by atoms with E-state index < -0.39 is 0 Å². The number of nitrogens with zero attached hydrogens (tertiary/aromatic N) is 1. The van der Waals surface area contributed by atoms with E-state index in [1.807, 2.05) is 24.3 Å². The summed E-state index contributed by atoms with van der Waals surface area (Å²) in [5, 5.41) is 3.75. The molecule has 1 heterocycles. The number of carbonyl (C=O) groups is 1. The zero-order valence-corrected chi connectivity index (χ0v) is 15.0. The normalized spacial score (nSPS) is 11.2. The van der Waals surface area contributed by atoms with E-state index in [4.69, 9.17) is 0 Å². The number of fused-ring (bicyclic) bond motifs is 1. The molecule has 0 aliphatic carbocycles. The van der Waals surface area contributed by atoms with E-state index >= 15 is 0 Å². The van der Waals surface area contributed by atoms with E-state index in [1.165, 1.54) is 10.5 Å². The van der Waals surface area contributed by atoms with Gasteiger partial charge in [-0.25, -0.2) is 4.98 Å². The van der Waals surface area contributed by atoms with Gasteiger partial charge in [0.1, 0.15) is 5.01 Å². The second-order valence-corrected chi connectivity index (χ2v) is 7.54. The van der Waals surface area contributed by atoms with Crippen LogP contribution in [0.3, 0.4) is 0 Å². The maximum Gasteiger partial charge on any atom is 0.244 e. The number of aryl methyl sites for hydroxylation is 1. The van der Waals surface area contributed by atoms with Crippen LogP contribution in [-0.2, 0) is 4.79 Å². The van der Waals surface area contributed by atoms with Gasteiger partial charge in [0.25, 0.3) is 0 Å². The Morgan fingerprint density at radius 3 is 2.79 bits per heavy atom. The van der Waals surface area contributed by atoms with Gasteiger partial charge in [0.15, 0.2) is 0 Å². The van der Waals surface area contributed by atoms with Crippen LogP contribution in [0.1, 0.15) is 10.6 Å². The third kappa shape index (κ3) is 4.69. The second kappa shape index (κ2) is 8.13. The van der Waals surface area contributed by atoms with Crippen molar-refractivity contribution < 1.29 is 4.79 Å². The summed E-state index contributed by atoms with van der Waals surface area (Å²) in [7, 11) is 0. The molecule has 3 nitrogen and oxygen atoms in total. The van der Waals surface area contributed by atoms with Crippen molar-refractivity contribution in [3.63, 3.8) is 0 Å². The molecule has 0 spiro atoms. The minimum absolute atomic E-state index is 0.0845. The fraction of sp³-hybridized carbons (Fsp3) is 0.158. The molecule has 5 heteroatoms. The number of amides is 1. The number of benzene rings is 2. The molecule has 0 fully saturated rings. The smallest absolute Gasteiger partial charge is 0.244 e. The van der Waals surface area contributed by atoms with Crippen molar-refractivity contribution in [1.82, 2.24) is 10.3 Å². The van der Waals surface area contributed by atoms with Crippen LogP contribution < -0.4 is 5.32 Å². The largest absolute Gasteiger partial charge is 0.352 e. The van der Waals surface area contributed by atoms with Gasteiger partial charge in [-0.1, -0.05) is 29.8 Å². The number of para-hydroxylation sites is 1. The number of nitrogens with one attached hydrogen (secondary N) is 1. The van der Waals surface area contributed by atoms with Crippen molar-refractivity contribution in [2.24, 2.45) is 0 Å². The Hall–Kier alpha value is -2.11. The number of thiazole rings is 1. The maximum atomic E-state index is 11.9. The van der Waals surface area contributed by atoms with E-state index in [2.05, 4.69) is 41.5 Å². The summed E-state index contributed by atoms with van der Waals surface area (Å²) >= 11 is 3.32. The molecule has 1 N–H and O–H groups in total. The van der Waals surface area contributed by atoms with Crippen LogP contribution in [0.15, 0.2) is 59.5 Å². The fourth-order valence-electron chi connectivity index (χ4n) is 2.14. The van der Waals surface area contributed by atoms with Crippen molar-refractivity contribution in [3.8, 4) is 0 Å². The summed E-state index contributed by atoms with van der Waals surface area (Å²) in [5.41, 5.74) is 2.23. The highest BCUT2D eigenvalue weighted by Crippen LogP contribution is 2.22. The fourth-order valence-corrected chi connectivity index (χ4v) is 3.78. The van der Waals surface area contributed by atoms with Gasteiger partial charge in [0.2, 0.25) is 5.91 Å². The zero-order chi connectivity index (χ0) is 16.8. The van der Waals surface area contributed by atoms with Crippen molar-refractivity contribution in [2.45, 2.75) is 11.8 Å². The topological polar surface area (TPSA) is 42.0 Å². The monoisotopic (exact) mass is 354 g/mol. The summed E-state index contributed by atoms with van der Waals surface area (Å²) in [6.45, 7) is 2.72. The molecule has 0 aliphatic heterocycles. The van der Waals surface area contributed by atoms with Crippen LogP contribution in [0.2, 0.25) is 0 Å². The standard InChI is InChI=1S/C19H18N2OS2/c1-14-6-8-15(9-7-14)23-13-12-20-18(22)10-11-19-21-16-4-2-3-5-17(16)24-19/h2-11H,12-13H2,1H3,(H,20,22)/b11-10+. The third-order valence-corrected chi connectivity index (χ3v) is 5.39.